The van der Waals surface area contributed by atoms with E-state index in [2.05, 4.69) is 10.2 Å². The molecule has 3 aliphatic rings. The Kier molecular flexibility index (Phi) is 1.83. The first-order valence-corrected chi connectivity index (χ1v) is 6.44. The van der Waals surface area contributed by atoms with Gasteiger partial charge in [0.05, 0.1) is 17.6 Å². The Morgan fingerprint density at radius 3 is 2.44 bits per heavy atom. The molecule has 0 spiro atoms. The first-order valence-electron chi connectivity index (χ1n) is 6.06. The number of hydrogen-bond acceptors (Lipinski definition) is 3. The second-order valence-electron chi connectivity index (χ2n) is 5.67. The number of hydrogen-bond donors (Lipinski definition) is 1. The van der Waals surface area contributed by atoms with E-state index in [1.165, 1.54) is 0 Å². The summed E-state index contributed by atoms with van der Waals surface area (Å²) in [4.78, 5) is 1.66. The molecule has 2 N–H and O–H groups in total. The summed E-state index contributed by atoms with van der Waals surface area (Å²) >= 11 is 5.87. The molecule has 5 rings (SSSR count). The molecule has 2 aromatic rings. The van der Waals surface area contributed by atoms with E-state index in [-0.39, 0.29) is 11.0 Å². The van der Waals surface area contributed by atoms with Gasteiger partial charge in [0.15, 0.2) is 0 Å². The van der Waals surface area contributed by atoms with Crippen molar-refractivity contribution in [1.82, 2.24) is 15.0 Å². The number of benzene rings is 1. The summed E-state index contributed by atoms with van der Waals surface area (Å²) in [7, 11) is 0. The smallest absolute Gasteiger partial charge is 0.0895 e. The van der Waals surface area contributed by atoms with Gasteiger partial charge in [-0.3, -0.25) is 0 Å². The fraction of sp³-hybridized carbons (Fsp3) is 0.385. The molecule has 2 bridgehead atoms. The van der Waals surface area contributed by atoms with E-state index in [1.807, 2.05) is 30.5 Å². The van der Waals surface area contributed by atoms with E-state index < -0.39 is 0 Å². The van der Waals surface area contributed by atoms with Crippen LogP contribution in [0, 0.1) is 0 Å². The Bertz CT molecular complexity index is 596. The van der Waals surface area contributed by atoms with Gasteiger partial charge in [-0.15, -0.1) is 0 Å². The average Bonchev–Trinajstić information content (AvgIpc) is 2.74. The van der Waals surface area contributed by atoms with Crippen LogP contribution in [0.3, 0.4) is 0 Å². The van der Waals surface area contributed by atoms with E-state index in [4.69, 9.17) is 17.3 Å². The van der Waals surface area contributed by atoms with Crippen molar-refractivity contribution < 1.29 is 0 Å². The molecule has 1 aromatic carbocycles. The SMILES string of the molecule is NC12CC(c3cnn(-c4ccc(Cl)cc4)n3)(C1)C2. The summed E-state index contributed by atoms with van der Waals surface area (Å²) in [5, 5.41) is 9.63. The highest BCUT2D eigenvalue weighted by atomic mass is 35.5. The normalized spacial score (nSPS) is 32.8. The number of rotatable bonds is 2. The second kappa shape index (κ2) is 3.13. The fourth-order valence-electron chi connectivity index (χ4n) is 3.34. The quantitative estimate of drug-likeness (QED) is 0.899. The fourth-order valence-corrected chi connectivity index (χ4v) is 3.47. The summed E-state index contributed by atoms with van der Waals surface area (Å²) in [6, 6.07) is 7.52. The Morgan fingerprint density at radius 1 is 1.17 bits per heavy atom. The minimum Gasteiger partial charge on any atom is -0.325 e. The number of nitrogens with two attached hydrogens (primary N) is 1. The van der Waals surface area contributed by atoms with Crippen molar-refractivity contribution in [2.45, 2.75) is 30.2 Å². The standard InChI is InChI=1S/C13H13ClN4/c14-9-1-3-10(4-2-9)18-16-5-11(17-18)12-6-13(15,7-12)8-12/h1-5H,6-8,15H2. The van der Waals surface area contributed by atoms with E-state index in [0.29, 0.717) is 0 Å². The molecular formula is C13H13ClN4. The first-order chi connectivity index (χ1) is 8.59. The van der Waals surface area contributed by atoms with Gasteiger partial charge in [0.1, 0.15) is 0 Å². The van der Waals surface area contributed by atoms with Crippen LogP contribution >= 0.6 is 11.6 Å². The maximum absolute atomic E-state index is 6.07. The van der Waals surface area contributed by atoms with Crippen LogP contribution in [-0.2, 0) is 5.41 Å². The van der Waals surface area contributed by atoms with Crippen LogP contribution in [0.1, 0.15) is 25.0 Å². The van der Waals surface area contributed by atoms with Crippen LogP contribution in [0.15, 0.2) is 30.5 Å². The van der Waals surface area contributed by atoms with Crippen molar-refractivity contribution in [3.8, 4) is 5.69 Å². The third-order valence-electron chi connectivity index (χ3n) is 4.16. The zero-order valence-corrected chi connectivity index (χ0v) is 10.6. The Labute approximate surface area is 110 Å². The first kappa shape index (κ1) is 10.5. The molecule has 1 aromatic heterocycles. The molecule has 0 radical (unpaired) electrons. The lowest BCUT2D eigenvalue weighted by molar-refractivity contribution is -0.0622. The summed E-state index contributed by atoms with van der Waals surface area (Å²) in [5.41, 5.74) is 8.40. The van der Waals surface area contributed by atoms with E-state index in [9.17, 15) is 0 Å². The third-order valence-corrected chi connectivity index (χ3v) is 4.42. The van der Waals surface area contributed by atoms with Crippen molar-refractivity contribution in [1.29, 1.82) is 0 Å². The predicted molar refractivity (Wildman–Crippen MR) is 68.8 cm³/mol. The lowest BCUT2D eigenvalue weighted by Crippen LogP contribution is -2.74. The van der Waals surface area contributed by atoms with E-state index in [1.54, 1.807) is 4.80 Å². The van der Waals surface area contributed by atoms with Crippen LogP contribution in [0.5, 0.6) is 0 Å². The molecule has 0 aliphatic heterocycles. The molecule has 92 valence electrons. The zero-order chi connectivity index (χ0) is 12.4. The van der Waals surface area contributed by atoms with Gasteiger partial charge in [-0.25, -0.2) is 0 Å². The number of aromatic nitrogens is 3. The van der Waals surface area contributed by atoms with Crippen molar-refractivity contribution in [3.63, 3.8) is 0 Å². The van der Waals surface area contributed by atoms with Crippen molar-refractivity contribution >= 4 is 11.6 Å². The Balaban J connectivity index is 1.65. The molecule has 0 atom stereocenters. The molecule has 3 aliphatic carbocycles. The average molecular weight is 261 g/mol. The molecule has 3 saturated carbocycles. The molecule has 1 heterocycles. The van der Waals surface area contributed by atoms with Gasteiger partial charge in [0.25, 0.3) is 0 Å². The van der Waals surface area contributed by atoms with E-state index in [0.717, 1.165) is 35.7 Å². The van der Waals surface area contributed by atoms with Crippen LogP contribution in [-0.4, -0.2) is 20.5 Å². The van der Waals surface area contributed by atoms with Crippen LogP contribution in [0.4, 0.5) is 0 Å². The van der Waals surface area contributed by atoms with Crippen molar-refractivity contribution in [3.05, 3.63) is 41.2 Å². The molecule has 18 heavy (non-hydrogen) atoms. The highest BCUT2D eigenvalue weighted by Crippen LogP contribution is 2.65. The topological polar surface area (TPSA) is 56.7 Å². The highest BCUT2D eigenvalue weighted by molar-refractivity contribution is 6.30. The summed E-state index contributed by atoms with van der Waals surface area (Å²) in [6.45, 7) is 0. The molecule has 0 saturated heterocycles. The van der Waals surface area contributed by atoms with Gasteiger partial charge in [-0.2, -0.15) is 15.0 Å². The van der Waals surface area contributed by atoms with Crippen LogP contribution in [0.2, 0.25) is 5.02 Å². The molecule has 0 amide bonds. The number of nitrogens with zero attached hydrogens (tertiary/aromatic N) is 3. The second-order valence-corrected chi connectivity index (χ2v) is 6.11. The van der Waals surface area contributed by atoms with Gasteiger partial charge in [-0.1, -0.05) is 11.6 Å². The maximum Gasteiger partial charge on any atom is 0.0895 e. The molecule has 5 heteroatoms. The minimum absolute atomic E-state index is 0.101. The van der Waals surface area contributed by atoms with Gasteiger partial charge < -0.3 is 5.73 Å². The monoisotopic (exact) mass is 260 g/mol. The van der Waals surface area contributed by atoms with Crippen LogP contribution in [0.25, 0.3) is 5.69 Å². The van der Waals surface area contributed by atoms with Crippen LogP contribution < -0.4 is 5.73 Å². The summed E-state index contributed by atoms with van der Waals surface area (Å²) in [5.74, 6) is 0. The van der Waals surface area contributed by atoms with Gasteiger partial charge >= 0.3 is 0 Å². The molecular weight excluding hydrogens is 248 g/mol. The highest BCUT2D eigenvalue weighted by Gasteiger charge is 2.67. The lowest BCUT2D eigenvalue weighted by Gasteiger charge is -2.68. The van der Waals surface area contributed by atoms with Crippen molar-refractivity contribution in [2.75, 3.05) is 0 Å². The zero-order valence-electron chi connectivity index (χ0n) is 9.81. The number of halogens is 1. The van der Waals surface area contributed by atoms with Crippen molar-refractivity contribution in [2.24, 2.45) is 5.73 Å². The van der Waals surface area contributed by atoms with Gasteiger partial charge in [0, 0.05) is 16.0 Å². The Morgan fingerprint density at radius 2 is 1.83 bits per heavy atom. The predicted octanol–water partition coefficient (Wildman–Crippen LogP) is 2.05. The third kappa shape index (κ3) is 1.30. The Hall–Kier alpha value is -1.39. The summed E-state index contributed by atoms with van der Waals surface area (Å²) < 4.78 is 0. The molecule has 4 nitrogen and oxygen atoms in total. The lowest BCUT2D eigenvalue weighted by atomic mass is 9.39. The van der Waals surface area contributed by atoms with Gasteiger partial charge in [0.2, 0.25) is 0 Å². The largest absolute Gasteiger partial charge is 0.325 e. The molecule has 3 fully saturated rings. The molecule has 0 unspecified atom stereocenters. The van der Waals surface area contributed by atoms with E-state index >= 15 is 0 Å². The summed E-state index contributed by atoms with van der Waals surface area (Å²) in [6.07, 6.45) is 5.03. The van der Waals surface area contributed by atoms with Gasteiger partial charge in [-0.05, 0) is 43.5 Å². The maximum atomic E-state index is 6.07. The minimum atomic E-state index is 0.101.